The Labute approximate surface area is 118 Å². The van der Waals surface area contributed by atoms with E-state index in [0.29, 0.717) is 11.1 Å². The topological polar surface area (TPSA) is 50.2 Å². The van der Waals surface area contributed by atoms with E-state index in [1.54, 1.807) is 12.1 Å². The molecule has 0 unspecified atom stereocenters. The minimum Gasteiger partial charge on any atom is -0.478 e. The van der Waals surface area contributed by atoms with Crippen molar-refractivity contribution in [2.24, 2.45) is 0 Å². The van der Waals surface area contributed by atoms with Crippen molar-refractivity contribution in [2.45, 2.75) is 6.18 Å². The summed E-state index contributed by atoms with van der Waals surface area (Å²) in [5.41, 5.74) is 0.330. The van der Waals surface area contributed by atoms with Gasteiger partial charge in [0.15, 0.2) is 0 Å². The predicted molar refractivity (Wildman–Crippen MR) is 71.3 cm³/mol. The maximum Gasteiger partial charge on any atom is 0.416 e. The first kappa shape index (κ1) is 14.8. The van der Waals surface area contributed by atoms with Gasteiger partial charge in [-0.15, -0.1) is 0 Å². The van der Waals surface area contributed by atoms with Crippen molar-refractivity contribution >= 4 is 12.0 Å². The molecule has 0 atom stereocenters. The number of pyridine rings is 1. The lowest BCUT2D eigenvalue weighted by molar-refractivity contribution is -0.137. The number of halogens is 3. The van der Waals surface area contributed by atoms with Crippen molar-refractivity contribution in [3.8, 4) is 11.1 Å². The summed E-state index contributed by atoms with van der Waals surface area (Å²) < 4.78 is 38.4. The highest BCUT2D eigenvalue weighted by atomic mass is 19.4. The second-order valence-corrected chi connectivity index (χ2v) is 4.21. The Bertz CT molecular complexity index is 679. The fourth-order valence-electron chi connectivity index (χ4n) is 1.81. The van der Waals surface area contributed by atoms with Crippen molar-refractivity contribution in [2.75, 3.05) is 0 Å². The van der Waals surface area contributed by atoms with Crippen LogP contribution >= 0.6 is 0 Å². The average molecular weight is 293 g/mol. The molecule has 0 saturated carbocycles. The summed E-state index contributed by atoms with van der Waals surface area (Å²) in [7, 11) is 0. The van der Waals surface area contributed by atoms with Gasteiger partial charge in [-0.1, -0.05) is 12.1 Å². The van der Waals surface area contributed by atoms with Crippen LogP contribution in [0.25, 0.3) is 17.2 Å². The van der Waals surface area contributed by atoms with Gasteiger partial charge in [0.05, 0.1) is 5.56 Å². The second kappa shape index (κ2) is 5.78. The van der Waals surface area contributed by atoms with Gasteiger partial charge in [-0.25, -0.2) is 4.79 Å². The van der Waals surface area contributed by atoms with Crippen molar-refractivity contribution in [1.29, 1.82) is 0 Å². The van der Waals surface area contributed by atoms with Gasteiger partial charge >= 0.3 is 12.1 Å². The molecule has 1 heterocycles. The van der Waals surface area contributed by atoms with Crippen LogP contribution in [0.2, 0.25) is 0 Å². The highest BCUT2D eigenvalue weighted by Crippen LogP contribution is 2.34. The third kappa shape index (κ3) is 3.68. The van der Waals surface area contributed by atoms with E-state index >= 15 is 0 Å². The first-order chi connectivity index (χ1) is 9.88. The zero-order valence-electron chi connectivity index (χ0n) is 10.6. The fourth-order valence-corrected chi connectivity index (χ4v) is 1.81. The molecule has 2 aromatic rings. The first-order valence-corrected chi connectivity index (χ1v) is 5.90. The molecule has 6 heteroatoms. The molecule has 0 fully saturated rings. The smallest absolute Gasteiger partial charge is 0.416 e. The van der Waals surface area contributed by atoms with Crippen LogP contribution in [0.1, 0.15) is 11.1 Å². The summed E-state index contributed by atoms with van der Waals surface area (Å²) in [6.45, 7) is 0. The fraction of sp³-hybridized carbons (Fsp3) is 0.0667. The highest BCUT2D eigenvalue weighted by Gasteiger charge is 2.31. The second-order valence-electron chi connectivity index (χ2n) is 4.21. The number of aromatic nitrogens is 1. The van der Waals surface area contributed by atoms with Gasteiger partial charge < -0.3 is 5.11 Å². The normalized spacial score (nSPS) is 11.8. The first-order valence-electron chi connectivity index (χ1n) is 5.90. The van der Waals surface area contributed by atoms with Crippen LogP contribution in [0.3, 0.4) is 0 Å². The number of hydrogen-bond acceptors (Lipinski definition) is 2. The molecule has 0 saturated heterocycles. The number of aliphatic carboxylic acids is 1. The number of carboxylic acids is 1. The number of carbonyl (C=O) groups is 1. The maximum absolute atomic E-state index is 12.8. The van der Waals surface area contributed by atoms with E-state index in [0.717, 1.165) is 18.2 Å². The van der Waals surface area contributed by atoms with Gasteiger partial charge in [0, 0.05) is 24.0 Å². The Morgan fingerprint density at radius 2 is 2.00 bits per heavy atom. The van der Waals surface area contributed by atoms with Crippen molar-refractivity contribution in [1.82, 2.24) is 4.98 Å². The Hall–Kier alpha value is -2.63. The lowest BCUT2D eigenvalue weighted by Crippen LogP contribution is -2.05. The molecule has 0 spiro atoms. The van der Waals surface area contributed by atoms with Crippen LogP contribution in [0.5, 0.6) is 0 Å². The molecule has 0 amide bonds. The average Bonchev–Trinajstić information content (AvgIpc) is 2.45. The van der Waals surface area contributed by atoms with Gasteiger partial charge in [-0.2, -0.15) is 13.2 Å². The standard InChI is InChI=1S/C15H10F3NO2/c16-15(17,18)12-5-3-10(4-6-14(20)21)13(8-12)11-2-1-7-19-9-11/h1-9H,(H,20,21). The Balaban J connectivity index is 2.58. The van der Waals surface area contributed by atoms with E-state index in [1.807, 2.05) is 0 Å². The Morgan fingerprint density at radius 1 is 1.24 bits per heavy atom. The van der Waals surface area contributed by atoms with Gasteiger partial charge in [0.1, 0.15) is 0 Å². The SMILES string of the molecule is O=C(O)C=Cc1ccc(C(F)(F)F)cc1-c1cccnc1. The van der Waals surface area contributed by atoms with Crippen LogP contribution in [-0.4, -0.2) is 16.1 Å². The molecule has 1 aromatic carbocycles. The van der Waals surface area contributed by atoms with E-state index < -0.39 is 17.7 Å². The molecule has 0 bridgehead atoms. The molecule has 0 aliphatic carbocycles. The quantitative estimate of drug-likeness (QED) is 0.874. The van der Waals surface area contributed by atoms with Crippen molar-refractivity contribution < 1.29 is 23.1 Å². The summed E-state index contributed by atoms with van der Waals surface area (Å²) in [5.74, 6) is -1.17. The van der Waals surface area contributed by atoms with E-state index in [-0.39, 0.29) is 5.56 Å². The summed E-state index contributed by atoms with van der Waals surface area (Å²) in [6.07, 6.45) is 0.594. The zero-order chi connectivity index (χ0) is 15.5. The van der Waals surface area contributed by atoms with Crippen LogP contribution in [0.15, 0.2) is 48.8 Å². The molecule has 1 aromatic heterocycles. The molecule has 21 heavy (non-hydrogen) atoms. The van der Waals surface area contributed by atoms with Gasteiger partial charge in [0.25, 0.3) is 0 Å². The maximum atomic E-state index is 12.8. The largest absolute Gasteiger partial charge is 0.478 e. The molecule has 0 radical (unpaired) electrons. The molecular formula is C15H10F3NO2. The third-order valence-corrected chi connectivity index (χ3v) is 2.76. The predicted octanol–water partition coefficient (Wildman–Crippen LogP) is 3.87. The van der Waals surface area contributed by atoms with Crippen molar-refractivity contribution in [3.05, 3.63) is 59.9 Å². The van der Waals surface area contributed by atoms with Gasteiger partial charge in [0.2, 0.25) is 0 Å². The highest BCUT2D eigenvalue weighted by molar-refractivity contribution is 5.87. The Morgan fingerprint density at radius 3 is 2.57 bits per heavy atom. The van der Waals surface area contributed by atoms with Gasteiger partial charge in [-0.05, 0) is 35.4 Å². The van der Waals surface area contributed by atoms with Crippen LogP contribution < -0.4 is 0 Å². The van der Waals surface area contributed by atoms with Gasteiger partial charge in [-0.3, -0.25) is 4.98 Å². The minimum absolute atomic E-state index is 0.274. The van der Waals surface area contributed by atoms with E-state index in [9.17, 15) is 18.0 Å². The molecule has 1 N–H and O–H groups in total. The monoisotopic (exact) mass is 293 g/mol. The number of carboxylic acid groups (broad SMARTS) is 1. The van der Waals surface area contributed by atoms with Crippen LogP contribution in [0, 0.1) is 0 Å². The summed E-state index contributed by atoms with van der Waals surface area (Å²) >= 11 is 0. The number of benzene rings is 1. The lowest BCUT2D eigenvalue weighted by atomic mass is 9.98. The molecule has 0 aliphatic rings. The molecular weight excluding hydrogens is 283 g/mol. The summed E-state index contributed by atoms with van der Waals surface area (Å²) in [6, 6.07) is 6.35. The number of rotatable bonds is 3. The van der Waals surface area contributed by atoms with Crippen LogP contribution in [-0.2, 0) is 11.0 Å². The summed E-state index contributed by atoms with van der Waals surface area (Å²) in [5, 5.41) is 8.64. The Kier molecular flexibility index (Phi) is 4.07. The zero-order valence-corrected chi connectivity index (χ0v) is 10.6. The number of alkyl halides is 3. The third-order valence-electron chi connectivity index (χ3n) is 2.76. The van der Waals surface area contributed by atoms with Crippen molar-refractivity contribution in [3.63, 3.8) is 0 Å². The summed E-state index contributed by atoms with van der Waals surface area (Å²) in [4.78, 5) is 14.4. The molecule has 0 aliphatic heterocycles. The minimum atomic E-state index is -4.47. The lowest BCUT2D eigenvalue weighted by Gasteiger charge is -2.11. The molecule has 3 nitrogen and oxygen atoms in total. The molecule has 2 rings (SSSR count). The van der Waals surface area contributed by atoms with E-state index in [4.69, 9.17) is 5.11 Å². The number of nitrogens with zero attached hydrogens (tertiary/aromatic N) is 1. The number of hydrogen-bond donors (Lipinski definition) is 1. The van der Waals surface area contributed by atoms with E-state index in [2.05, 4.69) is 4.98 Å². The van der Waals surface area contributed by atoms with Crippen LogP contribution in [0.4, 0.5) is 13.2 Å². The van der Waals surface area contributed by atoms with E-state index in [1.165, 1.54) is 24.5 Å². The molecule has 108 valence electrons.